The molecule has 1 saturated carbocycles. The number of hydrogen-bond donors (Lipinski definition) is 1. The zero-order chi connectivity index (χ0) is 6.91. The summed E-state index contributed by atoms with van der Waals surface area (Å²) in [7, 11) is 0. The molecule has 0 aromatic carbocycles. The van der Waals surface area contributed by atoms with Crippen molar-refractivity contribution in [2.45, 2.75) is 31.5 Å². The lowest BCUT2D eigenvalue weighted by molar-refractivity contribution is 0.107. The van der Waals surface area contributed by atoms with Crippen LogP contribution in [0.5, 0.6) is 0 Å². The molecule has 1 aliphatic rings. The predicted molar refractivity (Wildman–Crippen MR) is 34.5 cm³/mol. The average Bonchev–Trinajstić information content (AvgIpc) is 1.62. The van der Waals surface area contributed by atoms with Gasteiger partial charge in [0.25, 0.3) is 0 Å². The summed E-state index contributed by atoms with van der Waals surface area (Å²) in [6, 6.07) is 0.0378. The minimum atomic E-state index is -1.24. The second-order valence-corrected chi connectivity index (χ2v) is 2.51. The summed E-state index contributed by atoms with van der Waals surface area (Å²) in [5, 5.41) is 0. The highest BCUT2D eigenvalue weighted by Crippen LogP contribution is 2.33. The molecule has 2 N–H and O–H groups in total. The molecule has 50 valence electrons. The number of halogens is 1. The smallest absolute Gasteiger partial charge is 0.173 e. The van der Waals surface area contributed by atoms with Gasteiger partial charge in [0.15, 0.2) is 5.67 Å². The zero-order valence-electron chi connectivity index (χ0n) is 5.45. The summed E-state index contributed by atoms with van der Waals surface area (Å²) >= 11 is 0. The molecule has 1 aliphatic carbocycles. The molecule has 1 rings (SSSR count). The van der Waals surface area contributed by atoms with Gasteiger partial charge in [-0.2, -0.15) is 0 Å². The third-order valence-electron chi connectivity index (χ3n) is 1.52. The van der Waals surface area contributed by atoms with Crippen molar-refractivity contribution in [2.75, 3.05) is 0 Å². The van der Waals surface area contributed by atoms with Crippen LogP contribution < -0.4 is 5.73 Å². The summed E-state index contributed by atoms with van der Waals surface area (Å²) < 4.78 is 12.9. The maximum absolute atomic E-state index is 12.9. The summed E-state index contributed by atoms with van der Waals surface area (Å²) in [5.41, 5.74) is 4.13. The highest BCUT2D eigenvalue weighted by molar-refractivity contribution is 5.19. The number of rotatable bonds is 0. The molecule has 1 nitrogen and oxygen atoms in total. The molecule has 0 spiro atoms. The van der Waals surface area contributed by atoms with E-state index in [0.29, 0.717) is 12.8 Å². The Morgan fingerprint density at radius 1 is 1.67 bits per heavy atom. The van der Waals surface area contributed by atoms with Crippen LogP contribution >= 0.6 is 0 Å². The van der Waals surface area contributed by atoms with Crippen molar-refractivity contribution in [1.29, 1.82) is 0 Å². The predicted octanol–water partition coefficient (Wildman–Crippen LogP) is 0.839. The summed E-state index contributed by atoms with van der Waals surface area (Å²) in [6.07, 6.45) is 0.821. The fourth-order valence-electron chi connectivity index (χ4n) is 1.10. The first-order valence-corrected chi connectivity index (χ1v) is 3.05. The van der Waals surface area contributed by atoms with Gasteiger partial charge in [-0.05, 0) is 6.92 Å². The summed E-state index contributed by atoms with van der Waals surface area (Å²) in [4.78, 5) is 0. The van der Waals surface area contributed by atoms with E-state index in [-0.39, 0.29) is 6.04 Å². The van der Waals surface area contributed by atoms with E-state index >= 15 is 0 Å². The molecular formula is C7H10FN. The first-order chi connectivity index (χ1) is 4.16. The number of alkyl halides is 1. The molecular weight excluding hydrogens is 117 g/mol. The fraction of sp³-hybridized carbons (Fsp3) is 0.714. The van der Waals surface area contributed by atoms with Crippen LogP contribution in [0, 0.1) is 11.8 Å². The first-order valence-electron chi connectivity index (χ1n) is 3.05. The first kappa shape index (κ1) is 6.57. The third-order valence-corrected chi connectivity index (χ3v) is 1.52. The summed E-state index contributed by atoms with van der Waals surface area (Å²) in [6.45, 7) is 1.64. The zero-order valence-corrected chi connectivity index (χ0v) is 5.45. The Bertz CT molecular complexity index is 159. The second-order valence-electron chi connectivity index (χ2n) is 2.51. The van der Waals surface area contributed by atoms with Gasteiger partial charge in [-0.15, -0.1) is 5.92 Å². The van der Waals surface area contributed by atoms with Crippen molar-refractivity contribution in [3.05, 3.63) is 0 Å². The molecule has 1 fully saturated rings. The van der Waals surface area contributed by atoms with Gasteiger partial charge in [0, 0.05) is 18.9 Å². The molecule has 0 radical (unpaired) electrons. The van der Waals surface area contributed by atoms with E-state index in [1.54, 1.807) is 6.92 Å². The van der Waals surface area contributed by atoms with Gasteiger partial charge < -0.3 is 5.73 Å². The number of hydrogen-bond acceptors (Lipinski definition) is 1. The summed E-state index contributed by atoms with van der Waals surface area (Å²) in [5.74, 6) is 5.04. The maximum atomic E-state index is 12.9. The molecule has 0 aromatic heterocycles. The van der Waals surface area contributed by atoms with Crippen LogP contribution in [0.15, 0.2) is 0 Å². The highest BCUT2D eigenvalue weighted by atomic mass is 19.1. The molecule has 2 heteroatoms. The molecule has 0 aromatic rings. The quantitative estimate of drug-likeness (QED) is 0.479. The van der Waals surface area contributed by atoms with E-state index < -0.39 is 5.67 Å². The van der Waals surface area contributed by atoms with Crippen molar-refractivity contribution in [2.24, 2.45) is 5.73 Å². The van der Waals surface area contributed by atoms with Gasteiger partial charge in [0.1, 0.15) is 0 Å². The molecule has 0 atom stereocenters. The van der Waals surface area contributed by atoms with Gasteiger partial charge in [0.2, 0.25) is 0 Å². The van der Waals surface area contributed by atoms with Crippen molar-refractivity contribution in [1.82, 2.24) is 0 Å². The molecule has 0 bridgehead atoms. The maximum Gasteiger partial charge on any atom is 0.173 e. The second kappa shape index (κ2) is 2.00. The normalized spacial score (nSPS) is 40.6. The molecule has 0 saturated heterocycles. The molecule has 0 amide bonds. The fourth-order valence-corrected chi connectivity index (χ4v) is 1.10. The SMILES string of the molecule is CC#CC1(F)CC(N)C1. The van der Waals surface area contributed by atoms with Crippen molar-refractivity contribution < 1.29 is 4.39 Å². The molecule has 0 aliphatic heterocycles. The van der Waals surface area contributed by atoms with Crippen LogP contribution in [0.25, 0.3) is 0 Å². The molecule has 9 heavy (non-hydrogen) atoms. The van der Waals surface area contributed by atoms with Gasteiger partial charge in [-0.25, -0.2) is 4.39 Å². The average molecular weight is 127 g/mol. The van der Waals surface area contributed by atoms with Crippen LogP contribution in [-0.2, 0) is 0 Å². The monoisotopic (exact) mass is 127 g/mol. The Hall–Kier alpha value is -0.550. The minimum absolute atomic E-state index is 0.0378. The largest absolute Gasteiger partial charge is 0.327 e. The van der Waals surface area contributed by atoms with Gasteiger partial charge in [-0.1, -0.05) is 5.92 Å². The van der Waals surface area contributed by atoms with Crippen LogP contribution in [0.3, 0.4) is 0 Å². The van der Waals surface area contributed by atoms with E-state index in [1.165, 1.54) is 0 Å². The van der Waals surface area contributed by atoms with E-state index in [9.17, 15) is 4.39 Å². The Labute approximate surface area is 54.4 Å². The Kier molecular flexibility index (Phi) is 1.46. The van der Waals surface area contributed by atoms with Crippen LogP contribution in [0.2, 0.25) is 0 Å². The lowest BCUT2D eigenvalue weighted by Gasteiger charge is -2.34. The van der Waals surface area contributed by atoms with Gasteiger partial charge in [0.05, 0.1) is 0 Å². The van der Waals surface area contributed by atoms with E-state index in [2.05, 4.69) is 11.8 Å². The Balaban J connectivity index is 2.47. The van der Waals surface area contributed by atoms with E-state index in [0.717, 1.165) is 0 Å². The van der Waals surface area contributed by atoms with Crippen LogP contribution in [0.1, 0.15) is 19.8 Å². The lowest BCUT2D eigenvalue weighted by Crippen LogP contribution is -2.47. The highest BCUT2D eigenvalue weighted by Gasteiger charge is 2.41. The standard InChI is InChI=1S/C7H10FN/c1-2-3-7(8)4-6(9)5-7/h6H,4-5,9H2,1H3. The van der Waals surface area contributed by atoms with Gasteiger partial charge >= 0.3 is 0 Å². The third kappa shape index (κ3) is 1.22. The molecule has 0 heterocycles. The van der Waals surface area contributed by atoms with Crippen molar-refractivity contribution >= 4 is 0 Å². The Morgan fingerprint density at radius 2 is 2.22 bits per heavy atom. The minimum Gasteiger partial charge on any atom is -0.327 e. The van der Waals surface area contributed by atoms with Crippen molar-refractivity contribution in [3.63, 3.8) is 0 Å². The topological polar surface area (TPSA) is 26.0 Å². The van der Waals surface area contributed by atoms with E-state index in [1.807, 2.05) is 0 Å². The number of nitrogens with two attached hydrogens (primary N) is 1. The van der Waals surface area contributed by atoms with Crippen LogP contribution in [0.4, 0.5) is 4.39 Å². The van der Waals surface area contributed by atoms with Crippen LogP contribution in [-0.4, -0.2) is 11.7 Å². The molecule has 0 unspecified atom stereocenters. The van der Waals surface area contributed by atoms with Crippen molar-refractivity contribution in [3.8, 4) is 11.8 Å². The van der Waals surface area contributed by atoms with E-state index in [4.69, 9.17) is 5.73 Å². The lowest BCUT2D eigenvalue weighted by atomic mass is 9.78. The van der Waals surface area contributed by atoms with Gasteiger partial charge in [-0.3, -0.25) is 0 Å². The Morgan fingerprint density at radius 3 is 2.56 bits per heavy atom.